The molecular weight excluding hydrogens is 233 g/mol. The number of aromatic nitrogens is 2. The summed E-state index contributed by atoms with van der Waals surface area (Å²) in [5.41, 5.74) is 8.03. The molecule has 0 aliphatic rings. The molecule has 1 aromatic carbocycles. The summed E-state index contributed by atoms with van der Waals surface area (Å²) in [6.07, 6.45) is 1.64. The second kappa shape index (κ2) is 3.96. The Morgan fingerprint density at radius 1 is 1.44 bits per heavy atom. The maximum absolute atomic E-state index is 13.2. The van der Waals surface area contributed by atoms with E-state index in [1.54, 1.807) is 12.3 Å². The molecule has 0 unspecified atom stereocenters. The smallest absolute Gasteiger partial charge is 0.208 e. The number of aryl methyl sites for hydroxylation is 1. The van der Waals surface area contributed by atoms with E-state index in [1.165, 1.54) is 12.1 Å². The van der Waals surface area contributed by atoms with Crippen LogP contribution in [0, 0.1) is 12.7 Å². The predicted octanol–water partition coefficient (Wildman–Crippen LogP) is 2.73. The van der Waals surface area contributed by atoms with Gasteiger partial charge in [-0.15, -0.1) is 0 Å². The van der Waals surface area contributed by atoms with Gasteiger partial charge in [-0.2, -0.15) is 0 Å². The van der Waals surface area contributed by atoms with Crippen molar-refractivity contribution in [2.45, 2.75) is 13.5 Å². The van der Waals surface area contributed by atoms with Gasteiger partial charge in [0.2, 0.25) is 5.89 Å². The van der Waals surface area contributed by atoms with E-state index in [0.29, 0.717) is 11.7 Å². The lowest BCUT2D eigenvalue weighted by atomic mass is 10.1. The van der Waals surface area contributed by atoms with Crippen molar-refractivity contribution in [3.63, 3.8) is 0 Å². The van der Waals surface area contributed by atoms with Gasteiger partial charge in [0, 0.05) is 22.2 Å². The fourth-order valence-corrected chi connectivity index (χ4v) is 2.14. The number of nitrogens with two attached hydrogens (primary N) is 1. The van der Waals surface area contributed by atoms with Crippen LogP contribution in [-0.4, -0.2) is 9.97 Å². The average molecular weight is 245 g/mol. The highest BCUT2D eigenvalue weighted by Gasteiger charge is 2.14. The summed E-state index contributed by atoms with van der Waals surface area (Å²) < 4.78 is 18.7. The molecule has 0 saturated heterocycles. The largest absolute Gasteiger partial charge is 0.439 e. The van der Waals surface area contributed by atoms with Crippen LogP contribution in [0.25, 0.3) is 22.2 Å². The molecule has 4 nitrogen and oxygen atoms in total. The van der Waals surface area contributed by atoms with E-state index in [1.807, 2.05) is 6.92 Å². The van der Waals surface area contributed by atoms with Crippen molar-refractivity contribution in [2.24, 2.45) is 5.73 Å². The molecule has 0 fully saturated rings. The Morgan fingerprint density at radius 2 is 2.28 bits per heavy atom. The van der Waals surface area contributed by atoms with E-state index in [2.05, 4.69) is 9.97 Å². The zero-order chi connectivity index (χ0) is 12.7. The number of aromatic amines is 1. The maximum atomic E-state index is 13.2. The topological polar surface area (TPSA) is 67.8 Å². The van der Waals surface area contributed by atoms with Gasteiger partial charge < -0.3 is 15.1 Å². The van der Waals surface area contributed by atoms with Crippen LogP contribution in [0.15, 0.2) is 28.8 Å². The van der Waals surface area contributed by atoms with E-state index < -0.39 is 0 Å². The molecule has 3 N–H and O–H groups in total. The van der Waals surface area contributed by atoms with Crippen LogP contribution in [-0.2, 0) is 6.54 Å². The van der Waals surface area contributed by atoms with Gasteiger partial charge in [-0.1, -0.05) is 0 Å². The van der Waals surface area contributed by atoms with Crippen LogP contribution in [0.2, 0.25) is 0 Å². The first-order valence-electron chi connectivity index (χ1n) is 5.62. The first-order chi connectivity index (χ1) is 8.69. The minimum absolute atomic E-state index is 0.260. The number of rotatable bonds is 2. The standard InChI is InChI=1S/C13H12FN3O/c1-7-13(11-6-16-12(5-15)18-11)9-3-2-8(14)4-10(9)17-7/h2-4,6,17H,5,15H2,1H3. The van der Waals surface area contributed by atoms with E-state index >= 15 is 0 Å². The molecule has 92 valence electrons. The molecule has 0 spiro atoms. The van der Waals surface area contributed by atoms with Crippen molar-refractivity contribution >= 4 is 10.9 Å². The van der Waals surface area contributed by atoms with Crippen LogP contribution in [0.3, 0.4) is 0 Å². The molecule has 2 heterocycles. The number of nitrogens with zero attached hydrogens (tertiary/aromatic N) is 1. The average Bonchev–Trinajstić information content (AvgIpc) is 2.91. The number of hydrogen-bond donors (Lipinski definition) is 2. The van der Waals surface area contributed by atoms with Crippen molar-refractivity contribution in [1.82, 2.24) is 9.97 Å². The maximum Gasteiger partial charge on any atom is 0.208 e. The molecule has 5 heteroatoms. The molecule has 18 heavy (non-hydrogen) atoms. The van der Waals surface area contributed by atoms with E-state index in [9.17, 15) is 4.39 Å². The van der Waals surface area contributed by atoms with Crippen LogP contribution in [0.4, 0.5) is 4.39 Å². The lowest BCUT2D eigenvalue weighted by Crippen LogP contribution is -1.94. The van der Waals surface area contributed by atoms with Gasteiger partial charge >= 0.3 is 0 Å². The number of nitrogens with one attached hydrogen (secondary N) is 1. The second-order valence-electron chi connectivity index (χ2n) is 4.14. The van der Waals surface area contributed by atoms with Gasteiger partial charge in [-0.05, 0) is 25.1 Å². The minimum Gasteiger partial charge on any atom is -0.439 e. The van der Waals surface area contributed by atoms with E-state index in [0.717, 1.165) is 22.2 Å². The number of benzene rings is 1. The Labute approximate surface area is 103 Å². The monoisotopic (exact) mass is 245 g/mol. The summed E-state index contributed by atoms with van der Waals surface area (Å²) in [6.45, 7) is 2.17. The van der Waals surface area contributed by atoms with E-state index in [-0.39, 0.29) is 12.4 Å². The Kier molecular flexibility index (Phi) is 2.41. The van der Waals surface area contributed by atoms with Crippen molar-refractivity contribution in [3.8, 4) is 11.3 Å². The van der Waals surface area contributed by atoms with Crippen LogP contribution in [0.1, 0.15) is 11.6 Å². The highest BCUT2D eigenvalue weighted by atomic mass is 19.1. The molecule has 0 saturated carbocycles. The summed E-state index contributed by atoms with van der Waals surface area (Å²) in [6, 6.07) is 4.62. The molecule has 3 aromatic rings. The van der Waals surface area contributed by atoms with Gasteiger partial charge in [0.05, 0.1) is 12.7 Å². The quantitative estimate of drug-likeness (QED) is 0.729. The second-order valence-corrected chi connectivity index (χ2v) is 4.14. The summed E-state index contributed by atoms with van der Waals surface area (Å²) in [5.74, 6) is 0.863. The number of H-pyrrole nitrogens is 1. The van der Waals surface area contributed by atoms with Crippen molar-refractivity contribution < 1.29 is 8.81 Å². The SMILES string of the molecule is Cc1[nH]c2cc(F)ccc2c1-c1cnc(CN)o1. The molecule has 0 bridgehead atoms. The molecule has 3 rings (SSSR count). The third-order valence-electron chi connectivity index (χ3n) is 2.92. The molecule has 0 radical (unpaired) electrons. The van der Waals surface area contributed by atoms with Gasteiger partial charge in [0.15, 0.2) is 5.76 Å². The van der Waals surface area contributed by atoms with Gasteiger partial charge in [0.1, 0.15) is 5.82 Å². The first-order valence-corrected chi connectivity index (χ1v) is 5.62. The number of halogens is 1. The van der Waals surface area contributed by atoms with Crippen molar-refractivity contribution in [2.75, 3.05) is 0 Å². The third kappa shape index (κ3) is 1.60. The zero-order valence-electron chi connectivity index (χ0n) is 9.83. The van der Waals surface area contributed by atoms with E-state index in [4.69, 9.17) is 10.2 Å². The fourth-order valence-electron chi connectivity index (χ4n) is 2.14. The van der Waals surface area contributed by atoms with Gasteiger partial charge in [0.25, 0.3) is 0 Å². The Bertz CT molecular complexity index is 714. The highest BCUT2D eigenvalue weighted by molar-refractivity contribution is 5.95. The highest BCUT2D eigenvalue weighted by Crippen LogP contribution is 2.32. The number of hydrogen-bond acceptors (Lipinski definition) is 3. The Balaban J connectivity index is 2.24. The Morgan fingerprint density at radius 3 is 3.00 bits per heavy atom. The summed E-state index contributed by atoms with van der Waals surface area (Å²) in [4.78, 5) is 7.21. The summed E-state index contributed by atoms with van der Waals surface area (Å²) in [5, 5.41) is 0.911. The third-order valence-corrected chi connectivity index (χ3v) is 2.92. The molecule has 2 aromatic heterocycles. The zero-order valence-corrected chi connectivity index (χ0v) is 9.83. The van der Waals surface area contributed by atoms with Crippen LogP contribution in [0.5, 0.6) is 0 Å². The molecule has 0 aliphatic heterocycles. The molecule has 0 aliphatic carbocycles. The van der Waals surface area contributed by atoms with Crippen molar-refractivity contribution in [3.05, 3.63) is 41.8 Å². The first kappa shape index (κ1) is 11.0. The predicted molar refractivity (Wildman–Crippen MR) is 66.4 cm³/mol. The molecular formula is C13H12FN3O. The summed E-state index contributed by atoms with van der Waals surface area (Å²) >= 11 is 0. The normalized spacial score (nSPS) is 11.3. The number of oxazole rings is 1. The fraction of sp³-hybridized carbons (Fsp3) is 0.154. The van der Waals surface area contributed by atoms with Gasteiger partial charge in [-0.3, -0.25) is 0 Å². The lowest BCUT2D eigenvalue weighted by Gasteiger charge is -1.96. The minimum atomic E-state index is -0.268. The van der Waals surface area contributed by atoms with Crippen LogP contribution < -0.4 is 5.73 Å². The molecule has 0 atom stereocenters. The summed E-state index contributed by atoms with van der Waals surface area (Å²) in [7, 11) is 0. The van der Waals surface area contributed by atoms with Crippen LogP contribution >= 0.6 is 0 Å². The molecule has 0 amide bonds. The number of fused-ring (bicyclic) bond motifs is 1. The Hall–Kier alpha value is -2.14. The van der Waals surface area contributed by atoms with Gasteiger partial charge in [-0.25, -0.2) is 9.37 Å². The van der Waals surface area contributed by atoms with Crippen molar-refractivity contribution in [1.29, 1.82) is 0 Å². The lowest BCUT2D eigenvalue weighted by molar-refractivity contribution is 0.510.